The van der Waals surface area contributed by atoms with Crippen LogP contribution in [0, 0.1) is 13.8 Å². The van der Waals surface area contributed by atoms with Crippen LogP contribution in [0.2, 0.25) is 0 Å². The van der Waals surface area contributed by atoms with Crippen LogP contribution in [0.3, 0.4) is 0 Å². The molecule has 110 valence electrons. The first-order valence-corrected chi connectivity index (χ1v) is 7.70. The number of Topliss-reactive ketones (excluding diaryl/α,β-unsaturated/α-hetero) is 1. The lowest BCUT2D eigenvalue weighted by molar-refractivity contribution is -0.0846. The summed E-state index contributed by atoms with van der Waals surface area (Å²) in [5, 5.41) is 0. The zero-order chi connectivity index (χ0) is 14.1. The molecule has 2 atom stereocenters. The minimum Gasteiger partial charge on any atom is -0.375 e. The minimum absolute atomic E-state index is 0.234. The second-order valence-electron chi connectivity index (χ2n) is 6.15. The summed E-state index contributed by atoms with van der Waals surface area (Å²) in [5.41, 5.74) is 2.89. The van der Waals surface area contributed by atoms with Gasteiger partial charge >= 0.3 is 0 Å². The summed E-state index contributed by atoms with van der Waals surface area (Å²) in [5.74, 6) is 0.234. The largest absolute Gasteiger partial charge is 0.375 e. The lowest BCUT2D eigenvalue weighted by atomic mass is 9.90. The Hall–Kier alpha value is -1.13. The predicted molar refractivity (Wildman–Crippen MR) is 78.2 cm³/mol. The summed E-state index contributed by atoms with van der Waals surface area (Å²) in [7, 11) is 0. The van der Waals surface area contributed by atoms with E-state index in [2.05, 4.69) is 9.88 Å². The number of ketones is 1. The standard InChI is InChI=1S/C16H24N2O2/c1-11-9-13(12(2)17-11)15(19)10-18-7-8-20-16-6-4-3-5-14(16)18/h9,14,16-17H,3-8,10H2,1-2H3. The number of rotatable bonds is 3. The fourth-order valence-electron chi connectivity index (χ4n) is 3.66. The molecule has 0 aromatic carbocycles. The average Bonchev–Trinajstić information content (AvgIpc) is 2.78. The zero-order valence-electron chi connectivity index (χ0n) is 12.4. The van der Waals surface area contributed by atoms with Crippen LogP contribution in [0.1, 0.15) is 47.4 Å². The third kappa shape index (κ3) is 2.67. The van der Waals surface area contributed by atoms with E-state index in [-0.39, 0.29) is 5.78 Å². The van der Waals surface area contributed by atoms with Gasteiger partial charge in [-0.05, 0) is 32.8 Å². The number of aromatic amines is 1. The molecule has 1 aromatic rings. The summed E-state index contributed by atoms with van der Waals surface area (Å²) in [4.78, 5) is 18.1. The summed E-state index contributed by atoms with van der Waals surface area (Å²) in [6.07, 6.45) is 5.19. The van der Waals surface area contributed by atoms with Crippen molar-refractivity contribution in [1.29, 1.82) is 0 Å². The Labute approximate surface area is 120 Å². The van der Waals surface area contributed by atoms with Gasteiger partial charge in [0.05, 0.1) is 19.3 Å². The molecule has 0 spiro atoms. The number of hydrogen-bond acceptors (Lipinski definition) is 3. The number of fused-ring (bicyclic) bond motifs is 1. The Kier molecular flexibility index (Phi) is 3.94. The molecule has 20 heavy (non-hydrogen) atoms. The van der Waals surface area contributed by atoms with E-state index in [9.17, 15) is 4.79 Å². The number of ether oxygens (including phenoxy) is 1. The third-order valence-electron chi connectivity index (χ3n) is 4.64. The number of nitrogens with one attached hydrogen (secondary N) is 1. The number of H-pyrrole nitrogens is 1. The molecule has 1 aliphatic carbocycles. The molecule has 1 N–H and O–H groups in total. The normalized spacial score (nSPS) is 27.3. The van der Waals surface area contributed by atoms with Crippen LogP contribution in [-0.4, -0.2) is 47.5 Å². The van der Waals surface area contributed by atoms with Crippen molar-refractivity contribution in [2.24, 2.45) is 0 Å². The molecule has 1 saturated carbocycles. The van der Waals surface area contributed by atoms with E-state index >= 15 is 0 Å². The van der Waals surface area contributed by atoms with Crippen LogP contribution in [0.4, 0.5) is 0 Å². The molecule has 4 heteroatoms. The number of hydrogen-bond donors (Lipinski definition) is 1. The molecule has 2 fully saturated rings. The van der Waals surface area contributed by atoms with Gasteiger partial charge in [0.1, 0.15) is 0 Å². The molecule has 1 aliphatic heterocycles. The lowest BCUT2D eigenvalue weighted by Gasteiger charge is -2.43. The number of aryl methyl sites for hydroxylation is 2. The van der Waals surface area contributed by atoms with Gasteiger partial charge in [-0.1, -0.05) is 12.8 Å². The van der Waals surface area contributed by atoms with Crippen LogP contribution < -0.4 is 0 Å². The first-order valence-electron chi connectivity index (χ1n) is 7.70. The molecular weight excluding hydrogens is 252 g/mol. The Balaban J connectivity index is 1.70. The molecule has 2 unspecified atom stereocenters. The number of morpholine rings is 1. The summed E-state index contributed by atoms with van der Waals surface area (Å²) < 4.78 is 5.87. The van der Waals surface area contributed by atoms with Gasteiger partial charge in [0.15, 0.2) is 5.78 Å². The van der Waals surface area contributed by atoms with Crippen molar-refractivity contribution < 1.29 is 9.53 Å². The molecule has 0 amide bonds. The van der Waals surface area contributed by atoms with Crippen LogP contribution >= 0.6 is 0 Å². The lowest BCUT2D eigenvalue weighted by Crippen LogP contribution is -2.53. The molecule has 1 aromatic heterocycles. The van der Waals surface area contributed by atoms with Crippen molar-refractivity contribution in [3.8, 4) is 0 Å². The maximum absolute atomic E-state index is 12.5. The van der Waals surface area contributed by atoms with E-state index in [0.29, 0.717) is 18.7 Å². The van der Waals surface area contributed by atoms with Gasteiger partial charge in [-0.2, -0.15) is 0 Å². The Morgan fingerprint density at radius 3 is 2.95 bits per heavy atom. The smallest absolute Gasteiger partial charge is 0.178 e. The van der Waals surface area contributed by atoms with Gasteiger partial charge in [0.25, 0.3) is 0 Å². The highest BCUT2D eigenvalue weighted by Crippen LogP contribution is 2.28. The highest BCUT2D eigenvalue weighted by molar-refractivity contribution is 5.98. The van der Waals surface area contributed by atoms with Crippen molar-refractivity contribution in [1.82, 2.24) is 9.88 Å². The predicted octanol–water partition coefficient (Wildman–Crippen LogP) is 2.46. The van der Waals surface area contributed by atoms with E-state index in [4.69, 9.17) is 4.74 Å². The van der Waals surface area contributed by atoms with Crippen LogP contribution in [0.5, 0.6) is 0 Å². The molecule has 0 radical (unpaired) electrons. The van der Waals surface area contributed by atoms with Gasteiger partial charge in [0, 0.05) is 29.5 Å². The maximum Gasteiger partial charge on any atom is 0.178 e. The molecule has 1 saturated heterocycles. The van der Waals surface area contributed by atoms with Crippen molar-refractivity contribution in [3.63, 3.8) is 0 Å². The van der Waals surface area contributed by atoms with E-state index in [1.807, 2.05) is 19.9 Å². The second kappa shape index (κ2) is 5.70. The third-order valence-corrected chi connectivity index (χ3v) is 4.64. The van der Waals surface area contributed by atoms with E-state index < -0.39 is 0 Å². The quantitative estimate of drug-likeness (QED) is 0.863. The maximum atomic E-state index is 12.5. The fourth-order valence-corrected chi connectivity index (χ4v) is 3.66. The second-order valence-corrected chi connectivity index (χ2v) is 6.15. The van der Waals surface area contributed by atoms with Gasteiger partial charge in [0.2, 0.25) is 0 Å². The first-order chi connectivity index (χ1) is 9.65. The average molecular weight is 276 g/mol. The van der Waals surface area contributed by atoms with Crippen molar-refractivity contribution in [3.05, 3.63) is 23.0 Å². The summed E-state index contributed by atoms with van der Waals surface area (Å²) in [6.45, 7) is 6.15. The molecule has 0 bridgehead atoms. The zero-order valence-corrected chi connectivity index (χ0v) is 12.4. The van der Waals surface area contributed by atoms with Crippen molar-refractivity contribution in [2.45, 2.75) is 51.7 Å². The van der Waals surface area contributed by atoms with Gasteiger partial charge in [-0.25, -0.2) is 0 Å². The van der Waals surface area contributed by atoms with Crippen LogP contribution in [0.15, 0.2) is 6.07 Å². The van der Waals surface area contributed by atoms with Crippen molar-refractivity contribution in [2.75, 3.05) is 19.7 Å². The van der Waals surface area contributed by atoms with Crippen LogP contribution in [-0.2, 0) is 4.74 Å². The number of aromatic nitrogens is 1. The topological polar surface area (TPSA) is 45.3 Å². The molecule has 2 heterocycles. The van der Waals surface area contributed by atoms with Gasteiger partial charge in [-0.3, -0.25) is 9.69 Å². The number of carbonyl (C=O) groups excluding carboxylic acids is 1. The Morgan fingerprint density at radius 2 is 2.20 bits per heavy atom. The first kappa shape index (κ1) is 13.8. The molecule has 3 rings (SSSR count). The molecule has 4 nitrogen and oxygen atoms in total. The highest BCUT2D eigenvalue weighted by atomic mass is 16.5. The number of nitrogens with zero attached hydrogens (tertiary/aromatic N) is 1. The molecular formula is C16H24N2O2. The van der Waals surface area contributed by atoms with Gasteiger partial charge < -0.3 is 9.72 Å². The van der Waals surface area contributed by atoms with E-state index in [1.54, 1.807) is 0 Å². The summed E-state index contributed by atoms with van der Waals surface area (Å²) in [6, 6.07) is 2.41. The monoisotopic (exact) mass is 276 g/mol. The highest BCUT2D eigenvalue weighted by Gasteiger charge is 2.35. The van der Waals surface area contributed by atoms with Gasteiger partial charge in [-0.15, -0.1) is 0 Å². The van der Waals surface area contributed by atoms with E-state index in [1.165, 1.54) is 19.3 Å². The van der Waals surface area contributed by atoms with E-state index in [0.717, 1.165) is 36.5 Å². The summed E-state index contributed by atoms with van der Waals surface area (Å²) >= 11 is 0. The number of carbonyl (C=O) groups is 1. The van der Waals surface area contributed by atoms with Crippen molar-refractivity contribution >= 4 is 5.78 Å². The van der Waals surface area contributed by atoms with Crippen LogP contribution in [0.25, 0.3) is 0 Å². The minimum atomic E-state index is 0.234. The fraction of sp³-hybridized carbons (Fsp3) is 0.688. The Bertz CT molecular complexity index is 493. The Morgan fingerprint density at radius 1 is 1.40 bits per heavy atom. The molecule has 2 aliphatic rings. The SMILES string of the molecule is Cc1cc(C(=O)CN2CCOC3CCCCC32)c(C)[nH]1.